The van der Waals surface area contributed by atoms with E-state index in [-0.39, 0.29) is 23.9 Å². The van der Waals surface area contributed by atoms with E-state index in [0.717, 1.165) is 11.6 Å². The quantitative estimate of drug-likeness (QED) is 0.580. The number of piperazine rings is 1. The van der Waals surface area contributed by atoms with Gasteiger partial charge < -0.3 is 14.5 Å². The second-order valence-electron chi connectivity index (χ2n) is 6.28. The van der Waals surface area contributed by atoms with Crippen LogP contribution in [0.1, 0.15) is 11.1 Å². The smallest absolute Gasteiger partial charge is 0.328 e. The van der Waals surface area contributed by atoms with Gasteiger partial charge in [0.2, 0.25) is 11.7 Å². The number of amides is 1. The molecule has 9 heteroatoms. The van der Waals surface area contributed by atoms with Crippen LogP contribution in [0.5, 0.6) is 5.75 Å². The Labute approximate surface area is 160 Å². The van der Waals surface area contributed by atoms with Crippen molar-refractivity contribution in [3.63, 3.8) is 0 Å². The van der Waals surface area contributed by atoms with E-state index in [4.69, 9.17) is 10.00 Å². The van der Waals surface area contributed by atoms with Crippen molar-refractivity contribution >= 4 is 17.3 Å². The van der Waals surface area contributed by atoms with E-state index in [1.807, 2.05) is 6.07 Å². The highest BCUT2D eigenvalue weighted by molar-refractivity contribution is 5.84. The van der Waals surface area contributed by atoms with Crippen LogP contribution in [0, 0.1) is 27.3 Å². The van der Waals surface area contributed by atoms with Crippen LogP contribution in [-0.4, -0.2) is 42.5 Å². The fraction of sp³-hybridized carbons (Fsp3) is 0.263. The van der Waals surface area contributed by atoms with Crippen molar-refractivity contribution in [3.05, 3.63) is 63.5 Å². The Kier molecular flexibility index (Phi) is 5.40. The molecule has 1 amide bonds. The highest BCUT2D eigenvalue weighted by Gasteiger charge is 2.31. The number of nitro groups is 1. The third kappa shape index (κ3) is 3.86. The number of ether oxygens (including phenoxy) is 1. The molecule has 0 spiro atoms. The lowest BCUT2D eigenvalue weighted by Gasteiger charge is -2.35. The van der Waals surface area contributed by atoms with Crippen molar-refractivity contribution in [1.82, 2.24) is 4.90 Å². The van der Waals surface area contributed by atoms with E-state index in [2.05, 4.69) is 0 Å². The van der Waals surface area contributed by atoms with Crippen molar-refractivity contribution in [2.24, 2.45) is 0 Å². The molecule has 2 aromatic carbocycles. The monoisotopic (exact) mass is 384 g/mol. The maximum absolute atomic E-state index is 14.2. The van der Waals surface area contributed by atoms with E-state index >= 15 is 0 Å². The van der Waals surface area contributed by atoms with Crippen molar-refractivity contribution in [1.29, 1.82) is 5.26 Å². The van der Waals surface area contributed by atoms with Crippen LogP contribution in [0.15, 0.2) is 36.4 Å². The van der Waals surface area contributed by atoms with Crippen LogP contribution in [0.4, 0.5) is 15.8 Å². The summed E-state index contributed by atoms with van der Waals surface area (Å²) >= 11 is 0. The van der Waals surface area contributed by atoms with Crippen LogP contribution in [0.2, 0.25) is 0 Å². The summed E-state index contributed by atoms with van der Waals surface area (Å²) in [6.07, 6.45) is 0. The SMILES string of the molecule is COc1cc(F)c([N+](=O)[O-])c(N2CCN(Cc3ccc(C#N)cc3)C(=O)C2)c1. The van der Waals surface area contributed by atoms with Gasteiger partial charge in [-0.25, -0.2) is 0 Å². The zero-order valence-corrected chi connectivity index (χ0v) is 15.1. The number of nitro benzene ring substituents is 1. The zero-order valence-electron chi connectivity index (χ0n) is 15.1. The molecule has 0 atom stereocenters. The molecule has 1 heterocycles. The normalized spacial score (nSPS) is 14.0. The van der Waals surface area contributed by atoms with Crippen LogP contribution in [0.3, 0.4) is 0 Å². The number of anilines is 1. The third-order valence-electron chi connectivity index (χ3n) is 4.55. The number of hydrogen-bond acceptors (Lipinski definition) is 6. The van der Waals surface area contributed by atoms with E-state index in [1.165, 1.54) is 18.1 Å². The highest BCUT2D eigenvalue weighted by Crippen LogP contribution is 2.35. The summed E-state index contributed by atoms with van der Waals surface area (Å²) in [5, 5.41) is 20.1. The predicted molar refractivity (Wildman–Crippen MR) is 98.4 cm³/mol. The average Bonchev–Trinajstić information content (AvgIpc) is 2.69. The Morgan fingerprint density at radius 2 is 2.00 bits per heavy atom. The zero-order chi connectivity index (χ0) is 20.3. The van der Waals surface area contributed by atoms with E-state index < -0.39 is 16.4 Å². The second-order valence-corrected chi connectivity index (χ2v) is 6.28. The molecule has 28 heavy (non-hydrogen) atoms. The van der Waals surface area contributed by atoms with Crippen LogP contribution < -0.4 is 9.64 Å². The fourth-order valence-corrected chi connectivity index (χ4v) is 3.09. The molecule has 1 saturated heterocycles. The lowest BCUT2D eigenvalue weighted by molar-refractivity contribution is -0.386. The Hall–Kier alpha value is -3.67. The summed E-state index contributed by atoms with van der Waals surface area (Å²) in [6, 6.07) is 11.3. The van der Waals surface area contributed by atoms with Crippen molar-refractivity contribution < 1.29 is 18.8 Å². The summed E-state index contributed by atoms with van der Waals surface area (Å²) in [5.41, 5.74) is 0.758. The standard InChI is InChI=1S/C19H17FN4O4/c1-28-15-8-16(20)19(24(26)27)17(9-15)22-6-7-23(18(25)12-22)11-14-4-2-13(10-21)3-5-14/h2-5,8-9H,6-7,11-12H2,1H3. The summed E-state index contributed by atoms with van der Waals surface area (Å²) in [4.78, 5) is 26.2. The third-order valence-corrected chi connectivity index (χ3v) is 4.55. The Morgan fingerprint density at radius 3 is 2.57 bits per heavy atom. The molecule has 3 rings (SSSR count). The molecule has 0 radical (unpaired) electrons. The lowest BCUT2D eigenvalue weighted by Crippen LogP contribution is -2.50. The first-order valence-corrected chi connectivity index (χ1v) is 8.46. The number of carbonyl (C=O) groups is 1. The molecule has 144 valence electrons. The molecule has 1 aliphatic heterocycles. The molecule has 1 fully saturated rings. The van der Waals surface area contributed by atoms with Crippen LogP contribution >= 0.6 is 0 Å². The van der Waals surface area contributed by atoms with Gasteiger partial charge in [0.15, 0.2) is 0 Å². The highest BCUT2D eigenvalue weighted by atomic mass is 19.1. The first kappa shape index (κ1) is 19.1. The van der Waals surface area contributed by atoms with Gasteiger partial charge in [-0.3, -0.25) is 14.9 Å². The number of halogens is 1. The molecule has 0 aromatic heterocycles. The largest absolute Gasteiger partial charge is 0.497 e. The number of nitrogens with zero attached hydrogens (tertiary/aromatic N) is 4. The molecule has 0 unspecified atom stereocenters. The van der Waals surface area contributed by atoms with E-state index in [0.29, 0.717) is 25.2 Å². The summed E-state index contributed by atoms with van der Waals surface area (Å²) in [6.45, 7) is 0.904. The van der Waals surface area contributed by atoms with Crippen molar-refractivity contribution in [3.8, 4) is 11.8 Å². The maximum atomic E-state index is 14.2. The molecular formula is C19H17FN4O4. The maximum Gasteiger partial charge on any atom is 0.328 e. The molecule has 1 aliphatic rings. The molecule has 0 aliphatic carbocycles. The number of rotatable bonds is 5. The van der Waals surface area contributed by atoms with Crippen LogP contribution in [-0.2, 0) is 11.3 Å². The fourth-order valence-electron chi connectivity index (χ4n) is 3.09. The van der Waals surface area contributed by atoms with Gasteiger partial charge in [0.1, 0.15) is 11.4 Å². The Morgan fingerprint density at radius 1 is 1.29 bits per heavy atom. The van der Waals surface area contributed by atoms with Crippen molar-refractivity contribution in [2.75, 3.05) is 31.6 Å². The van der Waals surface area contributed by atoms with Crippen LogP contribution in [0.25, 0.3) is 0 Å². The molecule has 8 nitrogen and oxygen atoms in total. The van der Waals surface area contributed by atoms with Crippen molar-refractivity contribution in [2.45, 2.75) is 6.54 Å². The first-order valence-electron chi connectivity index (χ1n) is 8.46. The summed E-state index contributed by atoms with van der Waals surface area (Å²) < 4.78 is 19.2. The van der Waals surface area contributed by atoms with Gasteiger partial charge in [0.05, 0.1) is 30.2 Å². The molecule has 2 aromatic rings. The van der Waals surface area contributed by atoms with Gasteiger partial charge in [-0.05, 0) is 17.7 Å². The molecule has 0 saturated carbocycles. The number of nitriles is 1. The van der Waals surface area contributed by atoms with E-state index in [1.54, 1.807) is 29.2 Å². The molecule has 0 N–H and O–H groups in total. The predicted octanol–water partition coefficient (Wildman–Crippen LogP) is 2.46. The van der Waals surface area contributed by atoms with Gasteiger partial charge in [0, 0.05) is 31.8 Å². The van der Waals surface area contributed by atoms with E-state index in [9.17, 15) is 19.3 Å². The summed E-state index contributed by atoms with van der Waals surface area (Å²) in [7, 11) is 1.34. The molecule has 0 bridgehead atoms. The molecular weight excluding hydrogens is 367 g/mol. The average molecular weight is 384 g/mol. The summed E-state index contributed by atoms with van der Waals surface area (Å²) in [5.74, 6) is -1.09. The lowest BCUT2D eigenvalue weighted by atomic mass is 10.1. The number of hydrogen-bond donors (Lipinski definition) is 0. The first-order chi connectivity index (χ1) is 13.4. The number of methoxy groups -OCH3 is 1. The minimum Gasteiger partial charge on any atom is -0.497 e. The Balaban J connectivity index is 1.78. The van der Waals surface area contributed by atoms with Gasteiger partial charge in [-0.15, -0.1) is 0 Å². The minimum absolute atomic E-state index is 0.0215. The number of carbonyl (C=O) groups excluding carboxylic acids is 1. The number of benzene rings is 2. The van der Waals surface area contributed by atoms with Gasteiger partial charge in [0.25, 0.3) is 0 Å². The van der Waals surface area contributed by atoms with Gasteiger partial charge >= 0.3 is 5.69 Å². The topological polar surface area (TPSA) is 99.7 Å². The minimum atomic E-state index is -1.01. The van der Waals surface area contributed by atoms with Gasteiger partial charge in [-0.2, -0.15) is 9.65 Å². The second kappa shape index (κ2) is 7.92. The Bertz CT molecular complexity index is 956. The van der Waals surface area contributed by atoms with Gasteiger partial charge in [-0.1, -0.05) is 12.1 Å².